The van der Waals surface area contributed by atoms with E-state index in [0.29, 0.717) is 11.8 Å². The minimum atomic E-state index is 0.0178. The molecule has 1 fully saturated rings. The Kier molecular flexibility index (Phi) is 5.34. The highest BCUT2D eigenvalue weighted by atomic mass is 15.3. The van der Waals surface area contributed by atoms with Crippen molar-refractivity contribution in [1.82, 2.24) is 15.2 Å². The summed E-state index contributed by atoms with van der Waals surface area (Å²) in [5.41, 5.74) is 4.47. The van der Waals surface area contributed by atoms with Crippen molar-refractivity contribution in [2.24, 2.45) is 0 Å². The van der Waals surface area contributed by atoms with Gasteiger partial charge in [-0.1, -0.05) is 39.0 Å². The molecule has 0 saturated carbocycles. The molecule has 0 atom stereocenters. The van der Waals surface area contributed by atoms with E-state index in [1.54, 1.807) is 6.20 Å². The number of hydrogen-bond donors (Lipinski definition) is 2. The van der Waals surface area contributed by atoms with Crippen molar-refractivity contribution in [1.29, 1.82) is 0 Å². The number of nitrogens with one attached hydrogen (secondary N) is 2. The van der Waals surface area contributed by atoms with E-state index in [1.807, 2.05) is 12.1 Å². The maximum Gasteiger partial charge on any atom is 0.249 e. The van der Waals surface area contributed by atoms with Gasteiger partial charge in [-0.05, 0) is 54.2 Å². The lowest BCUT2D eigenvalue weighted by Crippen LogP contribution is -2.17. The molecule has 150 valence electrons. The molecule has 2 heterocycles. The van der Waals surface area contributed by atoms with Crippen molar-refractivity contribution < 1.29 is 0 Å². The number of anilines is 5. The van der Waals surface area contributed by atoms with Gasteiger partial charge in [-0.2, -0.15) is 10.1 Å². The van der Waals surface area contributed by atoms with Crippen LogP contribution in [-0.2, 0) is 5.41 Å². The second-order valence-corrected chi connectivity index (χ2v) is 8.45. The summed E-state index contributed by atoms with van der Waals surface area (Å²) in [4.78, 5) is 7.00. The highest BCUT2D eigenvalue weighted by Gasteiger charge is 2.18. The molecule has 1 saturated heterocycles. The van der Waals surface area contributed by atoms with Crippen LogP contribution in [0.5, 0.6) is 0 Å². The topological polar surface area (TPSA) is 66.0 Å². The number of para-hydroxylation sites is 1. The lowest BCUT2D eigenvalue weighted by Gasteiger charge is -2.22. The summed E-state index contributed by atoms with van der Waals surface area (Å²) in [5, 5.41) is 14.9. The molecule has 0 unspecified atom stereocenters. The molecule has 6 heteroatoms. The number of rotatable bonds is 5. The first kappa shape index (κ1) is 19.2. The van der Waals surface area contributed by atoms with Gasteiger partial charge in [0.05, 0.1) is 6.20 Å². The summed E-state index contributed by atoms with van der Waals surface area (Å²) in [6, 6.07) is 16.7. The zero-order valence-electron chi connectivity index (χ0n) is 17.3. The minimum absolute atomic E-state index is 0.0178. The average molecular weight is 389 g/mol. The molecule has 1 aromatic heterocycles. The van der Waals surface area contributed by atoms with Crippen LogP contribution in [0.1, 0.15) is 39.2 Å². The summed E-state index contributed by atoms with van der Waals surface area (Å²) in [7, 11) is 0. The van der Waals surface area contributed by atoms with Gasteiger partial charge >= 0.3 is 0 Å². The quantitative estimate of drug-likeness (QED) is 0.622. The van der Waals surface area contributed by atoms with Crippen LogP contribution < -0.4 is 15.5 Å². The summed E-state index contributed by atoms with van der Waals surface area (Å²) in [6.07, 6.45) is 4.19. The Hall–Kier alpha value is -3.15. The third-order valence-corrected chi connectivity index (χ3v) is 5.15. The molecule has 6 nitrogen and oxygen atoms in total. The first-order valence-electron chi connectivity index (χ1n) is 10.2. The maximum absolute atomic E-state index is 4.58. The van der Waals surface area contributed by atoms with Crippen LogP contribution in [0.2, 0.25) is 0 Å². The summed E-state index contributed by atoms with van der Waals surface area (Å²) < 4.78 is 0. The van der Waals surface area contributed by atoms with Crippen molar-refractivity contribution in [2.45, 2.75) is 39.0 Å². The van der Waals surface area contributed by atoms with E-state index in [4.69, 9.17) is 0 Å². The molecular weight excluding hydrogens is 360 g/mol. The summed E-state index contributed by atoms with van der Waals surface area (Å²) >= 11 is 0. The van der Waals surface area contributed by atoms with Crippen LogP contribution in [0.3, 0.4) is 0 Å². The number of hydrogen-bond acceptors (Lipinski definition) is 6. The molecule has 0 spiro atoms. The average Bonchev–Trinajstić information content (AvgIpc) is 3.23. The first-order chi connectivity index (χ1) is 14.0. The van der Waals surface area contributed by atoms with Crippen molar-refractivity contribution in [2.75, 3.05) is 28.6 Å². The fourth-order valence-corrected chi connectivity index (χ4v) is 3.66. The second kappa shape index (κ2) is 8.07. The Morgan fingerprint density at radius 2 is 1.62 bits per heavy atom. The van der Waals surface area contributed by atoms with Crippen LogP contribution in [-0.4, -0.2) is 28.3 Å². The largest absolute Gasteiger partial charge is 0.372 e. The van der Waals surface area contributed by atoms with Gasteiger partial charge in [0.15, 0.2) is 5.82 Å². The molecule has 29 heavy (non-hydrogen) atoms. The van der Waals surface area contributed by atoms with Crippen LogP contribution in [0.25, 0.3) is 0 Å². The van der Waals surface area contributed by atoms with Crippen LogP contribution >= 0.6 is 0 Å². The zero-order chi connectivity index (χ0) is 20.3. The highest BCUT2D eigenvalue weighted by Crippen LogP contribution is 2.30. The van der Waals surface area contributed by atoms with Gasteiger partial charge in [-0.15, -0.1) is 5.10 Å². The monoisotopic (exact) mass is 388 g/mol. The minimum Gasteiger partial charge on any atom is -0.372 e. The highest BCUT2D eigenvalue weighted by molar-refractivity contribution is 5.63. The van der Waals surface area contributed by atoms with Crippen molar-refractivity contribution in [3.05, 3.63) is 60.3 Å². The van der Waals surface area contributed by atoms with Gasteiger partial charge < -0.3 is 15.5 Å². The van der Waals surface area contributed by atoms with Crippen molar-refractivity contribution >= 4 is 28.8 Å². The standard InChI is InChI=1S/C23H28N6/c1-23(2,3)19-8-4-5-9-20(19)26-22-27-21(16-24-28-22)25-17-10-12-18(13-11-17)29-14-6-7-15-29/h4-5,8-13,16H,6-7,14-15H2,1-3H3,(H2,25,26,27,28). The predicted molar refractivity (Wildman–Crippen MR) is 119 cm³/mol. The predicted octanol–water partition coefficient (Wildman–Crippen LogP) is 5.26. The molecule has 4 rings (SSSR count). The Bertz CT molecular complexity index is 956. The van der Waals surface area contributed by atoms with Crippen molar-refractivity contribution in [3.63, 3.8) is 0 Å². The van der Waals surface area contributed by atoms with Crippen LogP contribution in [0.15, 0.2) is 54.7 Å². The molecule has 2 N–H and O–H groups in total. The summed E-state index contributed by atoms with van der Waals surface area (Å²) in [6.45, 7) is 8.87. The molecule has 2 aromatic carbocycles. The van der Waals surface area contributed by atoms with Crippen LogP contribution in [0, 0.1) is 0 Å². The zero-order valence-corrected chi connectivity index (χ0v) is 17.3. The Balaban J connectivity index is 1.48. The van der Waals surface area contributed by atoms with E-state index >= 15 is 0 Å². The molecule has 3 aromatic rings. The van der Waals surface area contributed by atoms with E-state index in [-0.39, 0.29) is 5.41 Å². The Morgan fingerprint density at radius 3 is 2.34 bits per heavy atom. The third-order valence-electron chi connectivity index (χ3n) is 5.15. The molecule has 1 aliphatic heterocycles. The van der Waals surface area contributed by atoms with Gasteiger partial charge in [0.2, 0.25) is 5.95 Å². The van der Waals surface area contributed by atoms with E-state index in [2.05, 4.69) is 87.9 Å². The van der Waals surface area contributed by atoms with E-state index in [9.17, 15) is 0 Å². The van der Waals surface area contributed by atoms with Crippen LogP contribution in [0.4, 0.5) is 28.8 Å². The number of aromatic nitrogens is 3. The maximum atomic E-state index is 4.58. The normalized spacial score (nSPS) is 14.1. The van der Waals surface area contributed by atoms with E-state index in [0.717, 1.165) is 24.5 Å². The smallest absolute Gasteiger partial charge is 0.249 e. The fraction of sp³-hybridized carbons (Fsp3) is 0.348. The van der Waals surface area contributed by atoms with Crippen molar-refractivity contribution in [3.8, 4) is 0 Å². The SMILES string of the molecule is CC(C)(C)c1ccccc1Nc1nncc(Nc2ccc(N3CCCC3)cc2)n1. The fourth-order valence-electron chi connectivity index (χ4n) is 3.66. The first-order valence-corrected chi connectivity index (χ1v) is 10.2. The molecule has 0 amide bonds. The molecule has 0 bridgehead atoms. The Labute approximate surface area is 172 Å². The van der Waals surface area contributed by atoms with Gasteiger partial charge in [0.25, 0.3) is 0 Å². The number of benzene rings is 2. The molecule has 1 aliphatic rings. The third kappa shape index (κ3) is 4.65. The lowest BCUT2D eigenvalue weighted by molar-refractivity contribution is 0.592. The number of nitrogens with zero attached hydrogens (tertiary/aromatic N) is 4. The van der Waals surface area contributed by atoms with Gasteiger partial charge in [0.1, 0.15) is 0 Å². The molecule has 0 radical (unpaired) electrons. The van der Waals surface area contributed by atoms with E-state index < -0.39 is 0 Å². The summed E-state index contributed by atoms with van der Waals surface area (Å²) in [5.74, 6) is 1.13. The van der Waals surface area contributed by atoms with E-state index in [1.165, 1.54) is 24.1 Å². The van der Waals surface area contributed by atoms with Gasteiger partial charge in [-0.3, -0.25) is 0 Å². The van der Waals surface area contributed by atoms with Gasteiger partial charge in [0, 0.05) is 30.2 Å². The Morgan fingerprint density at radius 1 is 0.897 bits per heavy atom. The molecule has 0 aliphatic carbocycles. The molecular formula is C23H28N6. The second-order valence-electron chi connectivity index (χ2n) is 8.45. The lowest BCUT2D eigenvalue weighted by atomic mass is 9.86. The van der Waals surface area contributed by atoms with Gasteiger partial charge in [-0.25, -0.2) is 0 Å².